The highest BCUT2D eigenvalue weighted by Crippen LogP contribution is 2.27. The first kappa shape index (κ1) is 14.5. The van der Waals surface area contributed by atoms with Crippen LogP contribution in [0.15, 0.2) is 24.3 Å². The van der Waals surface area contributed by atoms with Gasteiger partial charge in [-0.3, -0.25) is 0 Å². The fourth-order valence-electron chi connectivity index (χ4n) is 2.91. The summed E-state index contributed by atoms with van der Waals surface area (Å²) >= 11 is 0. The maximum atomic E-state index is 5.79. The molecular weight excluding hydrogens is 234 g/mol. The molecule has 1 saturated heterocycles. The number of aryl methyl sites for hydroxylation is 1. The van der Waals surface area contributed by atoms with Gasteiger partial charge in [-0.05, 0) is 45.6 Å². The van der Waals surface area contributed by atoms with Crippen molar-refractivity contribution in [1.29, 1.82) is 0 Å². The van der Waals surface area contributed by atoms with E-state index < -0.39 is 0 Å². The van der Waals surface area contributed by atoms with Gasteiger partial charge in [0.1, 0.15) is 0 Å². The molecule has 1 aliphatic rings. The predicted molar refractivity (Wildman–Crippen MR) is 80.4 cm³/mol. The Labute approximate surface area is 117 Å². The van der Waals surface area contributed by atoms with E-state index in [4.69, 9.17) is 4.74 Å². The molecule has 0 aliphatic carbocycles. The predicted octanol–water partition coefficient (Wildman–Crippen LogP) is 3.99. The molecule has 1 heterocycles. The summed E-state index contributed by atoms with van der Waals surface area (Å²) in [6, 6.07) is 9.93. The van der Waals surface area contributed by atoms with Gasteiger partial charge in [0.15, 0.2) is 0 Å². The maximum absolute atomic E-state index is 5.79. The van der Waals surface area contributed by atoms with Gasteiger partial charge >= 0.3 is 0 Å². The minimum atomic E-state index is 0.0154. The van der Waals surface area contributed by atoms with E-state index in [2.05, 4.69) is 57.3 Å². The van der Waals surface area contributed by atoms with E-state index in [0.717, 1.165) is 25.9 Å². The van der Waals surface area contributed by atoms with E-state index >= 15 is 0 Å². The zero-order chi connectivity index (χ0) is 13.9. The Morgan fingerprint density at radius 2 is 2.00 bits per heavy atom. The Balaban J connectivity index is 2.01. The quantitative estimate of drug-likeness (QED) is 0.884. The third kappa shape index (κ3) is 4.05. The van der Waals surface area contributed by atoms with Crippen molar-refractivity contribution in [1.82, 2.24) is 5.32 Å². The van der Waals surface area contributed by atoms with Crippen LogP contribution in [0.5, 0.6) is 0 Å². The van der Waals surface area contributed by atoms with Crippen LogP contribution in [-0.4, -0.2) is 18.2 Å². The zero-order valence-electron chi connectivity index (χ0n) is 12.7. The molecule has 0 amide bonds. The fraction of sp³-hybridized carbons (Fsp3) is 0.647. The first-order chi connectivity index (χ1) is 9.00. The molecule has 106 valence electrons. The molecule has 1 aromatic rings. The average Bonchev–Trinajstić information content (AvgIpc) is 2.36. The van der Waals surface area contributed by atoms with Crippen LogP contribution in [0.4, 0.5) is 0 Å². The SMILES string of the molecule is CCC(NC1CCOC(C)(C)C1)c1ccc(C)cc1. The molecular formula is C17H27NO. The number of hydrogen-bond donors (Lipinski definition) is 1. The van der Waals surface area contributed by atoms with Crippen LogP contribution in [0.1, 0.15) is 57.2 Å². The van der Waals surface area contributed by atoms with E-state index in [9.17, 15) is 0 Å². The Bertz CT molecular complexity index is 396. The molecule has 1 aliphatic heterocycles. The molecule has 2 rings (SSSR count). The van der Waals surface area contributed by atoms with Gasteiger partial charge in [0.2, 0.25) is 0 Å². The fourth-order valence-corrected chi connectivity index (χ4v) is 2.91. The number of benzene rings is 1. The maximum Gasteiger partial charge on any atom is 0.0641 e. The van der Waals surface area contributed by atoms with Gasteiger partial charge in [0, 0.05) is 18.7 Å². The van der Waals surface area contributed by atoms with Crippen molar-refractivity contribution in [3.63, 3.8) is 0 Å². The number of ether oxygens (including phenoxy) is 1. The molecule has 2 nitrogen and oxygen atoms in total. The summed E-state index contributed by atoms with van der Waals surface area (Å²) in [5.41, 5.74) is 2.74. The standard InChI is InChI=1S/C17H27NO/c1-5-16(14-8-6-13(2)7-9-14)18-15-10-11-19-17(3,4)12-15/h6-9,15-16,18H,5,10-12H2,1-4H3. The molecule has 2 unspecified atom stereocenters. The molecule has 0 aromatic heterocycles. The van der Waals surface area contributed by atoms with Gasteiger partial charge in [0.25, 0.3) is 0 Å². The van der Waals surface area contributed by atoms with Crippen LogP contribution in [0.2, 0.25) is 0 Å². The first-order valence-electron chi connectivity index (χ1n) is 7.47. The van der Waals surface area contributed by atoms with Crippen molar-refractivity contribution in [2.24, 2.45) is 0 Å². The monoisotopic (exact) mass is 261 g/mol. The van der Waals surface area contributed by atoms with Crippen molar-refractivity contribution >= 4 is 0 Å². The second kappa shape index (κ2) is 6.06. The van der Waals surface area contributed by atoms with Gasteiger partial charge in [-0.15, -0.1) is 0 Å². The van der Waals surface area contributed by atoms with Crippen LogP contribution in [-0.2, 0) is 4.74 Å². The Hall–Kier alpha value is -0.860. The minimum absolute atomic E-state index is 0.0154. The zero-order valence-corrected chi connectivity index (χ0v) is 12.7. The molecule has 0 radical (unpaired) electrons. The Morgan fingerprint density at radius 1 is 1.32 bits per heavy atom. The Kier molecular flexibility index (Phi) is 4.64. The summed E-state index contributed by atoms with van der Waals surface area (Å²) in [6.07, 6.45) is 3.34. The molecule has 1 N–H and O–H groups in total. The topological polar surface area (TPSA) is 21.3 Å². The number of nitrogens with one attached hydrogen (secondary N) is 1. The highest BCUT2D eigenvalue weighted by atomic mass is 16.5. The summed E-state index contributed by atoms with van der Waals surface area (Å²) in [5, 5.41) is 3.82. The molecule has 19 heavy (non-hydrogen) atoms. The van der Waals surface area contributed by atoms with Crippen LogP contribution in [0, 0.1) is 6.92 Å². The van der Waals surface area contributed by atoms with E-state index in [1.165, 1.54) is 11.1 Å². The lowest BCUT2D eigenvalue weighted by molar-refractivity contribution is -0.0642. The molecule has 0 spiro atoms. The lowest BCUT2D eigenvalue weighted by Crippen LogP contribution is -2.44. The van der Waals surface area contributed by atoms with Crippen LogP contribution in [0.25, 0.3) is 0 Å². The second-order valence-electron chi connectivity index (χ2n) is 6.34. The normalized spacial score (nSPS) is 24.1. The van der Waals surface area contributed by atoms with Crippen molar-refractivity contribution in [3.8, 4) is 0 Å². The first-order valence-corrected chi connectivity index (χ1v) is 7.47. The van der Waals surface area contributed by atoms with Gasteiger partial charge < -0.3 is 10.1 Å². The van der Waals surface area contributed by atoms with Crippen LogP contribution < -0.4 is 5.32 Å². The number of rotatable bonds is 4. The van der Waals surface area contributed by atoms with Crippen molar-refractivity contribution in [2.75, 3.05) is 6.61 Å². The molecule has 2 atom stereocenters. The summed E-state index contributed by atoms with van der Waals surface area (Å²) in [6.45, 7) is 9.64. The highest BCUT2D eigenvalue weighted by Gasteiger charge is 2.29. The molecule has 1 fully saturated rings. The summed E-state index contributed by atoms with van der Waals surface area (Å²) in [4.78, 5) is 0. The van der Waals surface area contributed by atoms with E-state index in [-0.39, 0.29) is 5.60 Å². The van der Waals surface area contributed by atoms with Gasteiger partial charge in [-0.25, -0.2) is 0 Å². The smallest absolute Gasteiger partial charge is 0.0641 e. The third-order valence-electron chi connectivity index (χ3n) is 4.02. The Morgan fingerprint density at radius 3 is 2.58 bits per heavy atom. The van der Waals surface area contributed by atoms with Crippen LogP contribution in [0.3, 0.4) is 0 Å². The van der Waals surface area contributed by atoms with Gasteiger partial charge in [0.05, 0.1) is 5.60 Å². The second-order valence-corrected chi connectivity index (χ2v) is 6.34. The minimum Gasteiger partial charge on any atom is -0.375 e. The van der Waals surface area contributed by atoms with E-state index in [1.54, 1.807) is 0 Å². The summed E-state index contributed by atoms with van der Waals surface area (Å²) < 4.78 is 5.79. The van der Waals surface area contributed by atoms with Crippen molar-refractivity contribution in [3.05, 3.63) is 35.4 Å². The molecule has 1 aromatic carbocycles. The summed E-state index contributed by atoms with van der Waals surface area (Å²) in [5.74, 6) is 0. The van der Waals surface area contributed by atoms with Crippen molar-refractivity contribution in [2.45, 2.75) is 64.6 Å². The third-order valence-corrected chi connectivity index (χ3v) is 4.02. The van der Waals surface area contributed by atoms with Crippen LogP contribution >= 0.6 is 0 Å². The van der Waals surface area contributed by atoms with Gasteiger partial charge in [-0.1, -0.05) is 36.8 Å². The lowest BCUT2D eigenvalue weighted by Gasteiger charge is -2.37. The largest absolute Gasteiger partial charge is 0.375 e. The van der Waals surface area contributed by atoms with E-state index in [1.807, 2.05) is 0 Å². The molecule has 2 heteroatoms. The van der Waals surface area contributed by atoms with E-state index in [0.29, 0.717) is 12.1 Å². The average molecular weight is 261 g/mol. The summed E-state index contributed by atoms with van der Waals surface area (Å²) in [7, 11) is 0. The molecule has 0 saturated carbocycles. The highest BCUT2D eigenvalue weighted by molar-refractivity contribution is 5.24. The number of hydrogen-bond acceptors (Lipinski definition) is 2. The van der Waals surface area contributed by atoms with Gasteiger partial charge in [-0.2, -0.15) is 0 Å². The lowest BCUT2D eigenvalue weighted by atomic mass is 9.92. The van der Waals surface area contributed by atoms with Crippen molar-refractivity contribution < 1.29 is 4.74 Å². The molecule has 0 bridgehead atoms.